The van der Waals surface area contributed by atoms with E-state index in [0.717, 1.165) is 12.8 Å². The van der Waals surface area contributed by atoms with E-state index in [9.17, 15) is 9.59 Å². The van der Waals surface area contributed by atoms with Crippen molar-refractivity contribution in [1.29, 1.82) is 0 Å². The first-order valence-corrected chi connectivity index (χ1v) is 5.43. The van der Waals surface area contributed by atoms with Gasteiger partial charge in [-0.3, -0.25) is 9.59 Å². The van der Waals surface area contributed by atoms with Gasteiger partial charge in [0.25, 0.3) is 0 Å². The molecular formula is C10H19N3O2. The third kappa shape index (κ3) is 4.29. The van der Waals surface area contributed by atoms with Crippen molar-refractivity contribution in [1.82, 2.24) is 5.32 Å². The van der Waals surface area contributed by atoms with Crippen LogP contribution in [-0.2, 0) is 9.59 Å². The smallest absolute Gasteiger partial charge is 0.235 e. The summed E-state index contributed by atoms with van der Waals surface area (Å²) in [6, 6.07) is -0.304. The average Bonchev–Trinajstić information content (AvgIpc) is 2.17. The molecule has 0 aliphatic heterocycles. The first kappa shape index (κ1) is 12.0. The minimum Gasteiger partial charge on any atom is -0.370 e. The lowest BCUT2D eigenvalue weighted by Gasteiger charge is -2.26. The van der Waals surface area contributed by atoms with Gasteiger partial charge >= 0.3 is 0 Å². The zero-order valence-electron chi connectivity index (χ0n) is 8.87. The number of nitrogens with two attached hydrogens (primary N) is 2. The first-order chi connectivity index (χ1) is 7.09. The Kier molecular flexibility index (Phi) is 4.55. The summed E-state index contributed by atoms with van der Waals surface area (Å²) in [6.07, 6.45) is 5.66. The summed E-state index contributed by atoms with van der Waals surface area (Å²) in [5.41, 5.74) is 10.2. The van der Waals surface area contributed by atoms with E-state index in [1.54, 1.807) is 0 Å². The molecule has 1 saturated carbocycles. The molecule has 2 amide bonds. The maximum absolute atomic E-state index is 11.1. The van der Waals surface area contributed by atoms with Gasteiger partial charge in [0.1, 0.15) is 0 Å². The van der Waals surface area contributed by atoms with Gasteiger partial charge in [0.15, 0.2) is 0 Å². The lowest BCUT2D eigenvalue weighted by Crippen LogP contribution is -2.48. The van der Waals surface area contributed by atoms with Crippen molar-refractivity contribution in [3.05, 3.63) is 0 Å². The number of carbonyl (C=O) groups is 2. The molecule has 1 rings (SSSR count). The van der Waals surface area contributed by atoms with E-state index in [2.05, 4.69) is 5.32 Å². The monoisotopic (exact) mass is 213 g/mol. The Morgan fingerprint density at radius 2 is 1.80 bits per heavy atom. The molecule has 1 fully saturated rings. The Labute approximate surface area is 89.6 Å². The lowest BCUT2D eigenvalue weighted by atomic mass is 9.94. The number of primary amides is 2. The minimum atomic E-state index is -0.606. The summed E-state index contributed by atoms with van der Waals surface area (Å²) in [5, 5.41) is 3.11. The van der Waals surface area contributed by atoms with E-state index in [4.69, 9.17) is 11.5 Å². The Morgan fingerprint density at radius 1 is 1.20 bits per heavy atom. The van der Waals surface area contributed by atoms with Crippen LogP contribution >= 0.6 is 0 Å². The molecule has 1 aliphatic carbocycles. The second kappa shape index (κ2) is 5.70. The van der Waals surface area contributed by atoms with Gasteiger partial charge in [0, 0.05) is 6.04 Å². The highest BCUT2D eigenvalue weighted by atomic mass is 16.2. The highest BCUT2D eigenvalue weighted by Gasteiger charge is 2.22. The fourth-order valence-corrected chi connectivity index (χ4v) is 2.00. The number of nitrogens with one attached hydrogen (secondary N) is 1. The molecule has 0 aromatic heterocycles. The van der Waals surface area contributed by atoms with E-state index in [-0.39, 0.29) is 6.42 Å². The first-order valence-electron chi connectivity index (χ1n) is 5.43. The number of rotatable bonds is 5. The van der Waals surface area contributed by atoms with Crippen LogP contribution in [-0.4, -0.2) is 23.9 Å². The SMILES string of the molecule is NC(=O)CC(NC1CCCCC1)C(N)=O. The quantitative estimate of drug-likeness (QED) is 0.581. The van der Waals surface area contributed by atoms with Crippen LogP contribution in [0.25, 0.3) is 0 Å². The molecule has 1 aliphatic rings. The second-order valence-electron chi connectivity index (χ2n) is 4.13. The summed E-state index contributed by atoms with van der Waals surface area (Å²) in [7, 11) is 0. The van der Waals surface area contributed by atoms with Gasteiger partial charge in [-0.15, -0.1) is 0 Å². The van der Waals surface area contributed by atoms with Gasteiger partial charge in [-0.05, 0) is 12.8 Å². The molecule has 0 saturated heterocycles. The van der Waals surface area contributed by atoms with Gasteiger partial charge in [-0.2, -0.15) is 0 Å². The Hall–Kier alpha value is -1.10. The predicted molar refractivity (Wildman–Crippen MR) is 56.8 cm³/mol. The zero-order valence-corrected chi connectivity index (χ0v) is 8.87. The Balaban J connectivity index is 2.42. The molecule has 0 aromatic rings. The summed E-state index contributed by atoms with van der Waals surface area (Å²) >= 11 is 0. The van der Waals surface area contributed by atoms with Crippen molar-refractivity contribution >= 4 is 11.8 Å². The summed E-state index contributed by atoms with van der Waals surface area (Å²) in [6.45, 7) is 0. The maximum Gasteiger partial charge on any atom is 0.235 e. The van der Waals surface area contributed by atoms with Crippen LogP contribution in [0.2, 0.25) is 0 Å². The van der Waals surface area contributed by atoms with E-state index in [1.807, 2.05) is 0 Å². The van der Waals surface area contributed by atoms with Crippen molar-refractivity contribution in [3.63, 3.8) is 0 Å². The molecule has 0 heterocycles. The third-order valence-electron chi connectivity index (χ3n) is 2.79. The largest absolute Gasteiger partial charge is 0.370 e. The van der Waals surface area contributed by atoms with Crippen molar-refractivity contribution < 1.29 is 9.59 Å². The highest BCUT2D eigenvalue weighted by molar-refractivity contribution is 5.86. The molecule has 15 heavy (non-hydrogen) atoms. The third-order valence-corrected chi connectivity index (χ3v) is 2.79. The zero-order chi connectivity index (χ0) is 11.3. The van der Waals surface area contributed by atoms with Gasteiger partial charge in [-0.1, -0.05) is 19.3 Å². The van der Waals surface area contributed by atoms with E-state index in [1.165, 1.54) is 19.3 Å². The molecule has 86 valence electrons. The standard InChI is InChI=1S/C10H19N3O2/c11-9(14)6-8(10(12)15)13-7-4-2-1-3-5-7/h7-8,13H,1-6H2,(H2,11,14)(H2,12,15). The molecule has 0 radical (unpaired) electrons. The fourth-order valence-electron chi connectivity index (χ4n) is 2.00. The Morgan fingerprint density at radius 3 is 2.27 bits per heavy atom. The highest BCUT2D eigenvalue weighted by Crippen LogP contribution is 2.18. The summed E-state index contributed by atoms with van der Waals surface area (Å²) in [4.78, 5) is 21.8. The molecular weight excluding hydrogens is 194 g/mol. The Bertz CT molecular complexity index is 237. The van der Waals surface area contributed by atoms with Crippen LogP contribution < -0.4 is 16.8 Å². The van der Waals surface area contributed by atoms with Gasteiger partial charge in [-0.25, -0.2) is 0 Å². The maximum atomic E-state index is 11.1. The topological polar surface area (TPSA) is 98.2 Å². The molecule has 0 bridgehead atoms. The van der Waals surface area contributed by atoms with E-state index < -0.39 is 17.9 Å². The van der Waals surface area contributed by atoms with Crippen molar-refractivity contribution in [2.75, 3.05) is 0 Å². The van der Waals surface area contributed by atoms with E-state index in [0.29, 0.717) is 6.04 Å². The summed E-state index contributed by atoms with van der Waals surface area (Å²) < 4.78 is 0. The van der Waals surface area contributed by atoms with Crippen LogP contribution in [0.4, 0.5) is 0 Å². The van der Waals surface area contributed by atoms with Gasteiger partial charge in [0.2, 0.25) is 11.8 Å². The van der Waals surface area contributed by atoms with Crippen LogP contribution in [0.3, 0.4) is 0 Å². The van der Waals surface area contributed by atoms with Gasteiger partial charge < -0.3 is 16.8 Å². The van der Waals surface area contributed by atoms with Crippen LogP contribution in [0, 0.1) is 0 Å². The molecule has 0 aromatic carbocycles. The van der Waals surface area contributed by atoms with Crippen molar-refractivity contribution in [2.45, 2.75) is 50.6 Å². The van der Waals surface area contributed by atoms with Crippen LogP contribution in [0.5, 0.6) is 0 Å². The molecule has 5 N–H and O–H groups in total. The molecule has 5 nitrogen and oxygen atoms in total. The van der Waals surface area contributed by atoms with Crippen LogP contribution in [0.15, 0.2) is 0 Å². The number of carbonyl (C=O) groups excluding carboxylic acids is 2. The average molecular weight is 213 g/mol. The number of hydrogen-bond acceptors (Lipinski definition) is 3. The van der Waals surface area contributed by atoms with Crippen molar-refractivity contribution in [2.24, 2.45) is 11.5 Å². The van der Waals surface area contributed by atoms with Crippen molar-refractivity contribution in [3.8, 4) is 0 Å². The molecule has 5 heteroatoms. The molecule has 0 spiro atoms. The van der Waals surface area contributed by atoms with Crippen LogP contribution in [0.1, 0.15) is 38.5 Å². The van der Waals surface area contributed by atoms with E-state index >= 15 is 0 Å². The molecule has 1 unspecified atom stereocenters. The normalized spacial score (nSPS) is 19.7. The lowest BCUT2D eigenvalue weighted by molar-refractivity contribution is -0.125. The fraction of sp³-hybridized carbons (Fsp3) is 0.800. The van der Waals surface area contributed by atoms with Gasteiger partial charge in [0.05, 0.1) is 12.5 Å². The number of hydrogen-bond donors (Lipinski definition) is 3. The summed E-state index contributed by atoms with van der Waals surface area (Å²) in [5.74, 6) is -0.999. The predicted octanol–water partition coefficient (Wildman–Crippen LogP) is -0.362. The molecule has 1 atom stereocenters. The number of amides is 2. The second-order valence-corrected chi connectivity index (χ2v) is 4.13. The minimum absolute atomic E-state index is 0.00810.